The summed E-state index contributed by atoms with van der Waals surface area (Å²) < 4.78 is 13.3. The maximum Gasteiger partial charge on any atom is 0.191 e. The summed E-state index contributed by atoms with van der Waals surface area (Å²) in [4.78, 5) is 9.62. The SMILES string of the molecule is CCNC(=NCc1cccc(F)c1)NCC(C)CN1CCN(CC)CC1. The van der Waals surface area contributed by atoms with Crippen LogP contribution in [0.1, 0.15) is 26.3 Å². The van der Waals surface area contributed by atoms with E-state index in [0.29, 0.717) is 12.5 Å². The first-order chi connectivity index (χ1) is 12.6. The Hall–Kier alpha value is -1.66. The molecule has 1 aliphatic rings. The Morgan fingerprint density at radius 2 is 1.88 bits per heavy atom. The number of aliphatic imine (C=N–C) groups is 1. The topological polar surface area (TPSA) is 42.9 Å². The van der Waals surface area contributed by atoms with Gasteiger partial charge in [-0.15, -0.1) is 0 Å². The van der Waals surface area contributed by atoms with Crippen LogP contribution in [0, 0.1) is 11.7 Å². The molecule has 0 radical (unpaired) electrons. The molecule has 1 fully saturated rings. The summed E-state index contributed by atoms with van der Waals surface area (Å²) in [6, 6.07) is 6.61. The molecule has 0 saturated carbocycles. The maximum atomic E-state index is 13.3. The quantitative estimate of drug-likeness (QED) is 0.549. The standard InChI is InChI=1S/C20H34FN5/c1-4-22-20(24-15-18-7-6-8-19(21)13-18)23-14-17(3)16-26-11-9-25(5-2)10-12-26/h6-8,13,17H,4-5,9-12,14-16H2,1-3H3,(H2,22,23,24). The van der Waals surface area contributed by atoms with Gasteiger partial charge in [0.2, 0.25) is 0 Å². The Morgan fingerprint density at radius 3 is 2.54 bits per heavy atom. The van der Waals surface area contributed by atoms with Crippen molar-refractivity contribution in [3.63, 3.8) is 0 Å². The average molecular weight is 364 g/mol. The fraction of sp³-hybridized carbons (Fsp3) is 0.650. The van der Waals surface area contributed by atoms with Crippen LogP contribution in [0.2, 0.25) is 0 Å². The van der Waals surface area contributed by atoms with Gasteiger partial charge in [-0.2, -0.15) is 0 Å². The molecule has 0 aliphatic carbocycles. The van der Waals surface area contributed by atoms with Gasteiger partial charge in [-0.25, -0.2) is 9.38 Å². The summed E-state index contributed by atoms with van der Waals surface area (Å²) in [7, 11) is 0. The van der Waals surface area contributed by atoms with Crippen molar-refractivity contribution in [1.82, 2.24) is 20.4 Å². The van der Waals surface area contributed by atoms with Gasteiger partial charge >= 0.3 is 0 Å². The van der Waals surface area contributed by atoms with E-state index < -0.39 is 0 Å². The highest BCUT2D eigenvalue weighted by atomic mass is 19.1. The molecule has 5 nitrogen and oxygen atoms in total. The van der Waals surface area contributed by atoms with E-state index in [1.807, 2.05) is 6.07 Å². The van der Waals surface area contributed by atoms with Crippen molar-refractivity contribution >= 4 is 5.96 Å². The van der Waals surface area contributed by atoms with Gasteiger partial charge in [0.15, 0.2) is 5.96 Å². The number of nitrogens with one attached hydrogen (secondary N) is 2. The molecule has 2 rings (SSSR count). The van der Waals surface area contributed by atoms with Gasteiger partial charge in [-0.05, 0) is 37.1 Å². The lowest BCUT2D eigenvalue weighted by Gasteiger charge is -2.35. The van der Waals surface area contributed by atoms with Gasteiger partial charge in [-0.1, -0.05) is 26.0 Å². The van der Waals surface area contributed by atoms with Gasteiger partial charge in [0, 0.05) is 45.8 Å². The van der Waals surface area contributed by atoms with Gasteiger partial charge < -0.3 is 20.4 Å². The molecule has 2 N–H and O–H groups in total. The van der Waals surface area contributed by atoms with Crippen LogP contribution in [0.5, 0.6) is 0 Å². The number of halogens is 1. The van der Waals surface area contributed by atoms with Crippen LogP contribution < -0.4 is 10.6 Å². The Labute approximate surface area is 157 Å². The first-order valence-electron chi connectivity index (χ1n) is 9.82. The molecule has 1 aliphatic heterocycles. The first-order valence-corrected chi connectivity index (χ1v) is 9.82. The summed E-state index contributed by atoms with van der Waals surface area (Å²) in [5.74, 6) is 1.12. The summed E-state index contributed by atoms with van der Waals surface area (Å²) in [5.41, 5.74) is 0.879. The van der Waals surface area contributed by atoms with E-state index in [4.69, 9.17) is 0 Å². The second kappa shape index (κ2) is 11.1. The molecule has 1 atom stereocenters. The zero-order valence-corrected chi connectivity index (χ0v) is 16.5. The van der Waals surface area contributed by atoms with Gasteiger partial charge in [0.1, 0.15) is 5.82 Å². The molecule has 1 aromatic carbocycles. The number of likely N-dealkylation sites (N-methyl/N-ethyl adjacent to an activating group) is 1. The number of nitrogens with zero attached hydrogens (tertiary/aromatic N) is 3. The van der Waals surface area contributed by atoms with Crippen LogP contribution >= 0.6 is 0 Å². The lowest BCUT2D eigenvalue weighted by atomic mass is 10.1. The molecule has 26 heavy (non-hydrogen) atoms. The molecule has 0 amide bonds. The van der Waals surface area contributed by atoms with Gasteiger partial charge in [0.25, 0.3) is 0 Å². The Balaban J connectivity index is 1.77. The predicted octanol–water partition coefficient (Wildman–Crippen LogP) is 2.15. The summed E-state index contributed by atoms with van der Waals surface area (Å²) in [5, 5.41) is 6.69. The smallest absolute Gasteiger partial charge is 0.191 e. The molecular formula is C20H34FN5. The average Bonchev–Trinajstić information content (AvgIpc) is 2.65. The highest BCUT2D eigenvalue weighted by Gasteiger charge is 2.17. The number of hydrogen-bond donors (Lipinski definition) is 2. The third kappa shape index (κ3) is 7.30. The van der Waals surface area contributed by atoms with E-state index in [1.54, 1.807) is 6.07 Å². The summed E-state index contributed by atoms with van der Waals surface area (Å²) in [6.07, 6.45) is 0. The van der Waals surface area contributed by atoms with Gasteiger partial charge in [-0.3, -0.25) is 0 Å². The number of rotatable bonds is 8. The second-order valence-corrected chi connectivity index (χ2v) is 7.05. The van der Waals surface area contributed by atoms with E-state index in [9.17, 15) is 4.39 Å². The third-order valence-electron chi connectivity index (χ3n) is 4.75. The predicted molar refractivity (Wildman–Crippen MR) is 107 cm³/mol. The van der Waals surface area contributed by atoms with Crippen LogP contribution in [0.15, 0.2) is 29.3 Å². The van der Waals surface area contributed by atoms with Crippen LogP contribution in [0.4, 0.5) is 4.39 Å². The number of benzene rings is 1. The minimum Gasteiger partial charge on any atom is -0.357 e. The molecular weight excluding hydrogens is 329 g/mol. The Bertz CT molecular complexity index is 555. The molecule has 0 bridgehead atoms. The zero-order chi connectivity index (χ0) is 18.8. The van der Waals surface area contributed by atoms with Crippen molar-refractivity contribution in [2.75, 3.05) is 52.4 Å². The molecule has 0 spiro atoms. The van der Waals surface area contributed by atoms with Crippen molar-refractivity contribution < 1.29 is 4.39 Å². The number of hydrogen-bond acceptors (Lipinski definition) is 3. The van der Waals surface area contributed by atoms with E-state index in [-0.39, 0.29) is 5.82 Å². The summed E-state index contributed by atoms with van der Waals surface area (Å²) in [6.45, 7) is 15.6. The van der Waals surface area contributed by atoms with Crippen LogP contribution in [0.25, 0.3) is 0 Å². The minimum absolute atomic E-state index is 0.215. The van der Waals surface area contributed by atoms with Crippen LogP contribution in [-0.4, -0.2) is 68.1 Å². The molecule has 0 aromatic heterocycles. The van der Waals surface area contributed by atoms with Crippen LogP contribution in [-0.2, 0) is 6.54 Å². The number of guanidine groups is 1. The molecule has 1 heterocycles. The van der Waals surface area contributed by atoms with Crippen molar-refractivity contribution in [2.45, 2.75) is 27.3 Å². The lowest BCUT2D eigenvalue weighted by Crippen LogP contribution is -2.48. The van der Waals surface area contributed by atoms with Crippen molar-refractivity contribution in [2.24, 2.45) is 10.9 Å². The van der Waals surface area contributed by atoms with E-state index >= 15 is 0 Å². The Kier molecular flexibility index (Phi) is 8.85. The fourth-order valence-corrected chi connectivity index (χ4v) is 3.21. The molecule has 6 heteroatoms. The van der Waals surface area contributed by atoms with E-state index in [0.717, 1.165) is 50.8 Å². The molecule has 1 saturated heterocycles. The molecule has 1 unspecified atom stereocenters. The van der Waals surface area contributed by atoms with Crippen molar-refractivity contribution in [3.05, 3.63) is 35.6 Å². The highest BCUT2D eigenvalue weighted by molar-refractivity contribution is 5.79. The van der Waals surface area contributed by atoms with E-state index in [1.165, 1.54) is 25.2 Å². The maximum absolute atomic E-state index is 13.3. The van der Waals surface area contributed by atoms with E-state index in [2.05, 4.69) is 46.2 Å². The molecule has 146 valence electrons. The number of piperazine rings is 1. The molecule has 1 aromatic rings. The third-order valence-corrected chi connectivity index (χ3v) is 4.75. The van der Waals surface area contributed by atoms with Crippen molar-refractivity contribution in [1.29, 1.82) is 0 Å². The first kappa shape index (κ1) is 20.6. The Morgan fingerprint density at radius 1 is 1.15 bits per heavy atom. The monoisotopic (exact) mass is 363 g/mol. The zero-order valence-electron chi connectivity index (χ0n) is 16.5. The van der Waals surface area contributed by atoms with Crippen molar-refractivity contribution in [3.8, 4) is 0 Å². The van der Waals surface area contributed by atoms with Crippen LogP contribution in [0.3, 0.4) is 0 Å². The lowest BCUT2D eigenvalue weighted by molar-refractivity contribution is 0.124. The normalized spacial score (nSPS) is 17.9. The highest BCUT2D eigenvalue weighted by Crippen LogP contribution is 2.06. The van der Waals surface area contributed by atoms with Gasteiger partial charge in [0.05, 0.1) is 6.54 Å². The minimum atomic E-state index is -0.215. The summed E-state index contributed by atoms with van der Waals surface area (Å²) >= 11 is 0. The largest absolute Gasteiger partial charge is 0.357 e. The fourth-order valence-electron chi connectivity index (χ4n) is 3.21. The second-order valence-electron chi connectivity index (χ2n) is 7.05.